The highest BCUT2D eigenvalue weighted by atomic mass is 19.1. The standard InChI is InChI=1S/C14H15FN2O3/c1-7-10(15)5-8-11(18)9(13(19)20)6-17(12(8)16-7)14(2,3)4/h5-6H,1-4H3,(H,19,20). The highest BCUT2D eigenvalue weighted by Crippen LogP contribution is 2.21. The lowest BCUT2D eigenvalue weighted by molar-refractivity contribution is 0.0694. The molecule has 0 aliphatic heterocycles. The fourth-order valence-corrected chi connectivity index (χ4v) is 1.98. The van der Waals surface area contributed by atoms with Gasteiger partial charge in [-0.2, -0.15) is 0 Å². The van der Waals surface area contributed by atoms with Crippen LogP contribution >= 0.6 is 0 Å². The molecule has 0 aromatic carbocycles. The van der Waals surface area contributed by atoms with E-state index in [0.717, 1.165) is 6.07 Å². The van der Waals surface area contributed by atoms with Gasteiger partial charge < -0.3 is 9.67 Å². The fraction of sp³-hybridized carbons (Fsp3) is 0.357. The normalized spacial score (nSPS) is 11.8. The topological polar surface area (TPSA) is 72.2 Å². The Morgan fingerprint density at radius 3 is 2.50 bits per heavy atom. The summed E-state index contributed by atoms with van der Waals surface area (Å²) in [5.41, 5.74) is -1.16. The maximum Gasteiger partial charge on any atom is 0.341 e. The van der Waals surface area contributed by atoms with Crippen molar-refractivity contribution in [3.8, 4) is 0 Å². The van der Waals surface area contributed by atoms with Gasteiger partial charge in [-0.15, -0.1) is 0 Å². The van der Waals surface area contributed by atoms with Crippen molar-refractivity contribution in [1.82, 2.24) is 9.55 Å². The fourth-order valence-electron chi connectivity index (χ4n) is 1.98. The van der Waals surface area contributed by atoms with Gasteiger partial charge in [0.15, 0.2) is 0 Å². The number of hydrogen-bond donors (Lipinski definition) is 1. The average Bonchev–Trinajstić information content (AvgIpc) is 2.30. The zero-order chi connectivity index (χ0) is 15.2. The van der Waals surface area contributed by atoms with E-state index in [1.54, 1.807) is 4.57 Å². The maximum absolute atomic E-state index is 13.6. The molecule has 20 heavy (non-hydrogen) atoms. The molecule has 6 heteroatoms. The second-order valence-corrected chi connectivity index (χ2v) is 5.64. The van der Waals surface area contributed by atoms with E-state index in [1.807, 2.05) is 20.8 Å². The van der Waals surface area contributed by atoms with Crippen molar-refractivity contribution in [3.05, 3.63) is 39.6 Å². The Bertz CT molecular complexity index is 773. The molecule has 0 aliphatic rings. The highest BCUT2D eigenvalue weighted by Gasteiger charge is 2.22. The van der Waals surface area contributed by atoms with Gasteiger partial charge in [0, 0.05) is 11.7 Å². The summed E-state index contributed by atoms with van der Waals surface area (Å²) in [6.07, 6.45) is 1.26. The van der Waals surface area contributed by atoms with Crippen LogP contribution in [0.3, 0.4) is 0 Å². The number of rotatable bonds is 1. The van der Waals surface area contributed by atoms with Crippen molar-refractivity contribution in [2.45, 2.75) is 33.2 Å². The van der Waals surface area contributed by atoms with Crippen LogP contribution in [0.4, 0.5) is 4.39 Å². The molecule has 2 aromatic rings. The van der Waals surface area contributed by atoms with E-state index in [4.69, 9.17) is 5.11 Å². The molecular formula is C14H15FN2O3. The minimum Gasteiger partial charge on any atom is -0.477 e. The number of aromatic nitrogens is 2. The van der Waals surface area contributed by atoms with Crippen LogP contribution < -0.4 is 5.43 Å². The molecule has 106 valence electrons. The summed E-state index contributed by atoms with van der Waals surface area (Å²) in [5, 5.41) is 9.09. The Kier molecular flexibility index (Phi) is 3.12. The number of nitrogens with zero attached hydrogens (tertiary/aromatic N) is 2. The Morgan fingerprint density at radius 2 is 2.00 bits per heavy atom. The third-order valence-corrected chi connectivity index (χ3v) is 3.06. The van der Waals surface area contributed by atoms with E-state index in [1.165, 1.54) is 13.1 Å². The van der Waals surface area contributed by atoms with Crippen LogP contribution in [0, 0.1) is 12.7 Å². The van der Waals surface area contributed by atoms with Crippen LogP contribution in [0.5, 0.6) is 0 Å². The minimum absolute atomic E-state index is 0.0251. The van der Waals surface area contributed by atoms with Gasteiger partial charge in [-0.3, -0.25) is 4.79 Å². The number of fused-ring (bicyclic) bond motifs is 1. The molecule has 1 N–H and O–H groups in total. The molecule has 0 spiro atoms. The summed E-state index contributed by atoms with van der Waals surface area (Å²) in [6, 6.07) is 1.05. The van der Waals surface area contributed by atoms with E-state index in [2.05, 4.69) is 4.98 Å². The van der Waals surface area contributed by atoms with Crippen LogP contribution in [0.2, 0.25) is 0 Å². The number of carboxylic acid groups (broad SMARTS) is 1. The lowest BCUT2D eigenvalue weighted by Gasteiger charge is -2.25. The Labute approximate surface area is 114 Å². The number of halogens is 1. The van der Waals surface area contributed by atoms with E-state index in [-0.39, 0.29) is 16.7 Å². The first-order valence-electron chi connectivity index (χ1n) is 6.09. The lowest BCUT2D eigenvalue weighted by Crippen LogP contribution is -2.28. The van der Waals surface area contributed by atoms with Crippen LogP contribution in [0.1, 0.15) is 36.8 Å². The van der Waals surface area contributed by atoms with E-state index in [0.29, 0.717) is 0 Å². The minimum atomic E-state index is -1.34. The van der Waals surface area contributed by atoms with Gasteiger partial charge in [-0.25, -0.2) is 14.2 Å². The van der Waals surface area contributed by atoms with Gasteiger partial charge in [-0.1, -0.05) is 0 Å². The largest absolute Gasteiger partial charge is 0.477 e. The van der Waals surface area contributed by atoms with Crippen LogP contribution in [-0.2, 0) is 5.54 Å². The van der Waals surface area contributed by atoms with Crippen molar-refractivity contribution in [2.75, 3.05) is 0 Å². The molecule has 2 aromatic heterocycles. The molecule has 0 fully saturated rings. The van der Waals surface area contributed by atoms with E-state index in [9.17, 15) is 14.0 Å². The van der Waals surface area contributed by atoms with Crippen LogP contribution in [-0.4, -0.2) is 20.6 Å². The third-order valence-electron chi connectivity index (χ3n) is 3.06. The molecular weight excluding hydrogens is 263 g/mol. The molecule has 0 atom stereocenters. The van der Waals surface area contributed by atoms with Gasteiger partial charge in [0.25, 0.3) is 0 Å². The van der Waals surface area contributed by atoms with Gasteiger partial charge in [0.05, 0.1) is 11.1 Å². The molecule has 0 saturated carbocycles. The first kappa shape index (κ1) is 14.2. The van der Waals surface area contributed by atoms with E-state index >= 15 is 0 Å². The van der Waals surface area contributed by atoms with Crippen LogP contribution in [0.25, 0.3) is 11.0 Å². The predicted octanol–water partition coefficient (Wildman–Crippen LogP) is 2.30. The molecule has 0 saturated heterocycles. The number of pyridine rings is 2. The number of aryl methyl sites for hydroxylation is 1. The third kappa shape index (κ3) is 2.17. The van der Waals surface area contributed by atoms with Crippen molar-refractivity contribution < 1.29 is 14.3 Å². The predicted molar refractivity (Wildman–Crippen MR) is 72.7 cm³/mol. The Hall–Kier alpha value is -2.24. The Morgan fingerprint density at radius 1 is 1.40 bits per heavy atom. The van der Waals surface area contributed by atoms with E-state index < -0.39 is 28.3 Å². The van der Waals surface area contributed by atoms with Gasteiger partial charge in [0.2, 0.25) is 5.43 Å². The zero-order valence-electron chi connectivity index (χ0n) is 11.7. The molecule has 0 amide bonds. The second-order valence-electron chi connectivity index (χ2n) is 5.64. The average molecular weight is 278 g/mol. The number of carbonyl (C=O) groups is 1. The molecule has 0 bridgehead atoms. The lowest BCUT2D eigenvalue weighted by atomic mass is 10.1. The molecule has 0 unspecified atom stereocenters. The van der Waals surface area contributed by atoms with Gasteiger partial charge in [-0.05, 0) is 33.8 Å². The monoisotopic (exact) mass is 278 g/mol. The summed E-state index contributed by atoms with van der Waals surface area (Å²) in [6.45, 7) is 7.05. The zero-order valence-corrected chi connectivity index (χ0v) is 11.7. The summed E-state index contributed by atoms with van der Waals surface area (Å²) < 4.78 is 15.2. The van der Waals surface area contributed by atoms with Crippen molar-refractivity contribution in [1.29, 1.82) is 0 Å². The first-order chi connectivity index (χ1) is 9.12. The first-order valence-corrected chi connectivity index (χ1v) is 6.09. The smallest absolute Gasteiger partial charge is 0.341 e. The molecule has 2 rings (SSSR count). The van der Waals surface area contributed by atoms with Gasteiger partial charge in [0.1, 0.15) is 17.0 Å². The quantitative estimate of drug-likeness (QED) is 0.868. The van der Waals surface area contributed by atoms with Gasteiger partial charge >= 0.3 is 5.97 Å². The molecule has 5 nitrogen and oxygen atoms in total. The number of aromatic carboxylic acids is 1. The highest BCUT2D eigenvalue weighted by molar-refractivity contribution is 5.91. The Balaban J connectivity index is 3.05. The SMILES string of the molecule is Cc1nc2c(cc1F)c(=O)c(C(=O)O)cn2C(C)(C)C. The van der Waals surface area contributed by atoms with Crippen molar-refractivity contribution in [3.63, 3.8) is 0 Å². The summed E-state index contributed by atoms with van der Waals surface area (Å²) in [5.74, 6) is -1.96. The molecule has 0 aliphatic carbocycles. The maximum atomic E-state index is 13.6. The summed E-state index contributed by atoms with van der Waals surface area (Å²) >= 11 is 0. The summed E-state index contributed by atoms with van der Waals surface area (Å²) in [4.78, 5) is 27.4. The van der Waals surface area contributed by atoms with Crippen molar-refractivity contribution in [2.24, 2.45) is 0 Å². The molecule has 2 heterocycles. The number of hydrogen-bond acceptors (Lipinski definition) is 3. The van der Waals surface area contributed by atoms with Crippen LogP contribution in [0.15, 0.2) is 17.1 Å². The number of carboxylic acids is 1. The van der Waals surface area contributed by atoms with Crippen molar-refractivity contribution >= 4 is 17.0 Å². The summed E-state index contributed by atoms with van der Waals surface area (Å²) in [7, 11) is 0. The molecule has 0 radical (unpaired) electrons. The second kappa shape index (κ2) is 4.40.